The second-order valence-corrected chi connectivity index (χ2v) is 6.19. The van der Waals surface area contributed by atoms with Gasteiger partial charge in [0.1, 0.15) is 11.8 Å². The van der Waals surface area contributed by atoms with Gasteiger partial charge in [0.15, 0.2) is 0 Å². The zero-order valence-electron chi connectivity index (χ0n) is 13.7. The second-order valence-electron chi connectivity index (χ2n) is 5.33. The van der Waals surface area contributed by atoms with Crippen LogP contribution in [0.15, 0.2) is 57.5 Å². The lowest BCUT2D eigenvalue weighted by Crippen LogP contribution is -2.27. The Hall–Kier alpha value is -2.67. The standard InChI is InChI=1S/C18H16BrN3O3/c1-11(20-17(23)12-7-3-5-9-14(12)19)18-21-16(22-25-18)13-8-4-6-10-15(13)24-2/h3-11H,1-2H3,(H,20,23)/t11-/m0/s1. The Balaban J connectivity index is 1.78. The molecule has 0 aliphatic heterocycles. The maximum atomic E-state index is 12.4. The molecule has 7 heteroatoms. The molecule has 1 N–H and O–H groups in total. The van der Waals surface area contributed by atoms with Crippen LogP contribution in [-0.4, -0.2) is 23.2 Å². The van der Waals surface area contributed by atoms with E-state index in [2.05, 4.69) is 31.4 Å². The normalized spacial score (nSPS) is 11.8. The van der Waals surface area contributed by atoms with E-state index in [1.54, 1.807) is 26.2 Å². The van der Waals surface area contributed by atoms with Crippen LogP contribution in [-0.2, 0) is 0 Å². The fourth-order valence-corrected chi connectivity index (χ4v) is 2.80. The SMILES string of the molecule is COc1ccccc1-c1noc([C@H](C)NC(=O)c2ccccc2Br)n1. The third-order valence-corrected chi connectivity index (χ3v) is 4.32. The third-order valence-electron chi connectivity index (χ3n) is 3.63. The van der Waals surface area contributed by atoms with Crippen LogP contribution in [0, 0.1) is 0 Å². The van der Waals surface area contributed by atoms with Crippen LogP contribution in [0.1, 0.15) is 29.2 Å². The summed E-state index contributed by atoms with van der Waals surface area (Å²) in [6, 6.07) is 14.2. The molecule has 2 aromatic carbocycles. The number of aromatic nitrogens is 2. The summed E-state index contributed by atoms with van der Waals surface area (Å²) in [5, 5.41) is 6.84. The number of halogens is 1. The quantitative estimate of drug-likeness (QED) is 0.698. The number of amides is 1. The average Bonchev–Trinajstić information content (AvgIpc) is 3.12. The number of para-hydroxylation sites is 1. The highest BCUT2D eigenvalue weighted by atomic mass is 79.9. The average molecular weight is 402 g/mol. The molecule has 1 heterocycles. The maximum Gasteiger partial charge on any atom is 0.253 e. The predicted octanol–water partition coefficient (Wildman–Crippen LogP) is 4.00. The molecule has 25 heavy (non-hydrogen) atoms. The van der Waals surface area contributed by atoms with Gasteiger partial charge in [-0.2, -0.15) is 4.98 Å². The minimum absolute atomic E-state index is 0.225. The number of carbonyl (C=O) groups is 1. The Bertz CT molecular complexity index is 895. The molecule has 3 aromatic rings. The first-order valence-electron chi connectivity index (χ1n) is 7.62. The summed E-state index contributed by atoms with van der Waals surface area (Å²) in [5.74, 6) is 1.16. The van der Waals surface area contributed by atoms with Crippen LogP contribution in [0.5, 0.6) is 5.75 Å². The molecule has 0 aliphatic rings. The zero-order chi connectivity index (χ0) is 17.8. The first kappa shape index (κ1) is 17.2. The predicted molar refractivity (Wildman–Crippen MR) is 96.3 cm³/mol. The molecule has 3 rings (SSSR count). The second kappa shape index (κ2) is 7.48. The molecule has 0 saturated carbocycles. The van der Waals surface area contributed by atoms with E-state index in [9.17, 15) is 4.79 Å². The molecule has 0 fully saturated rings. The first-order valence-corrected chi connectivity index (χ1v) is 8.42. The highest BCUT2D eigenvalue weighted by Gasteiger charge is 2.20. The zero-order valence-corrected chi connectivity index (χ0v) is 15.3. The Morgan fingerprint density at radius 3 is 2.68 bits per heavy atom. The Morgan fingerprint density at radius 1 is 1.20 bits per heavy atom. The molecule has 6 nitrogen and oxygen atoms in total. The van der Waals surface area contributed by atoms with Crippen molar-refractivity contribution in [3.8, 4) is 17.1 Å². The van der Waals surface area contributed by atoms with Gasteiger partial charge in [-0.25, -0.2) is 0 Å². The molecule has 128 valence electrons. The largest absolute Gasteiger partial charge is 0.496 e. The fourth-order valence-electron chi connectivity index (χ4n) is 2.33. The van der Waals surface area contributed by atoms with Gasteiger partial charge < -0.3 is 14.6 Å². The summed E-state index contributed by atoms with van der Waals surface area (Å²) in [6.45, 7) is 1.79. The van der Waals surface area contributed by atoms with E-state index in [1.807, 2.05) is 36.4 Å². The van der Waals surface area contributed by atoms with Crippen molar-refractivity contribution in [3.05, 3.63) is 64.5 Å². The lowest BCUT2D eigenvalue weighted by atomic mass is 10.2. The van der Waals surface area contributed by atoms with Crippen LogP contribution in [0.2, 0.25) is 0 Å². The Morgan fingerprint density at radius 2 is 1.92 bits per heavy atom. The van der Waals surface area contributed by atoms with E-state index in [1.165, 1.54) is 0 Å². The molecule has 1 atom stereocenters. The number of methoxy groups -OCH3 is 1. The van der Waals surface area contributed by atoms with E-state index in [0.717, 1.165) is 10.0 Å². The fraction of sp³-hybridized carbons (Fsp3) is 0.167. The van der Waals surface area contributed by atoms with E-state index in [0.29, 0.717) is 23.0 Å². The number of carbonyl (C=O) groups excluding carboxylic acids is 1. The number of rotatable bonds is 5. The summed E-state index contributed by atoms with van der Waals surface area (Å²) in [7, 11) is 1.58. The molecular formula is C18H16BrN3O3. The number of ether oxygens (including phenoxy) is 1. The maximum absolute atomic E-state index is 12.4. The number of benzene rings is 2. The van der Waals surface area contributed by atoms with Crippen molar-refractivity contribution in [1.82, 2.24) is 15.5 Å². The van der Waals surface area contributed by atoms with Gasteiger partial charge in [0.05, 0.1) is 18.2 Å². The van der Waals surface area contributed by atoms with E-state index in [-0.39, 0.29) is 5.91 Å². The van der Waals surface area contributed by atoms with Gasteiger partial charge in [-0.3, -0.25) is 4.79 Å². The van der Waals surface area contributed by atoms with Crippen LogP contribution in [0.25, 0.3) is 11.4 Å². The van der Waals surface area contributed by atoms with Crippen molar-refractivity contribution in [1.29, 1.82) is 0 Å². The van der Waals surface area contributed by atoms with Crippen molar-refractivity contribution in [2.24, 2.45) is 0 Å². The molecule has 0 unspecified atom stereocenters. The molecule has 1 amide bonds. The van der Waals surface area contributed by atoms with Crippen LogP contribution < -0.4 is 10.1 Å². The molecule has 0 saturated heterocycles. The van der Waals surface area contributed by atoms with E-state index in [4.69, 9.17) is 9.26 Å². The summed E-state index contributed by atoms with van der Waals surface area (Å²) in [5.41, 5.74) is 1.27. The van der Waals surface area contributed by atoms with Crippen molar-refractivity contribution in [2.75, 3.05) is 7.11 Å². The van der Waals surface area contributed by atoms with Crippen molar-refractivity contribution in [2.45, 2.75) is 13.0 Å². The van der Waals surface area contributed by atoms with Crippen LogP contribution in [0.3, 0.4) is 0 Å². The number of hydrogen-bond acceptors (Lipinski definition) is 5. The summed E-state index contributed by atoms with van der Waals surface area (Å²) < 4.78 is 11.3. The third kappa shape index (κ3) is 3.71. The number of nitrogens with zero attached hydrogens (tertiary/aromatic N) is 2. The Kier molecular flexibility index (Phi) is 5.14. The minimum Gasteiger partial charge on any atom is -0.496 e. The lowest BCUT2D eigenvalue weighted by Gasteiger charge is -2.10. The van der Waals surface area contributed by atoms with Gasteiger partial charge in [-0.05, 0) is 47.1 Å². The highest BCUT2D eigenvalue weighted by molar-refractivity contribution is 9.10. The minimum atomic E-state index is -0.435. The number of nitrogens with one attached hydrogen (secondary N) is 1. The van der Waals surface area contributed by atoms with Gasteiger partial charge in [-0.1, -0.05) is 29.4 Å². The van der Waals surface area contributed by atoms with Crippen molar-refractivity contribution >= 4 is 21.8 Å². The topological polar surface area (TPSA) is 77.3 Å². The molecular weight excluding hydrogens is 386 g/mol. The molecule has 0 bridgehead atoms. The smallest absolute Gasteiger partial charge is 0.253 e. The van der Waals surface area contributed by atoms with Gasteiger partial charge in [0, 0.05) is 4.47 Å². The summed E-state index contributed by atoms with van der Waals surface area (Å²) in [4.78, 5) is 16.7. The van der Waals surface area contributed by atoms with Crippen LogP contribution in [0.4, 0.5) is 0 Å². The van der Waals surface area contributed by atoms with Gasteiger partial charge in [0.2, 0.25) is 11.7 Å². The first-order chi connectivity index (χ1) is 12.1. The summed E-state index contributed by atoms with van der Waals surface area (Å²) in [6.07, 6.45) is 0. The van der Waals surface area contributed by atoms with E-state index < -0.39 is 6.04 Å². The van der Waals surface area contributed by atoms with Gasteiger partial charge in [-0.15, -0.1) is 0 Å². The van der Waals surface area contributed by atoms with Crippen molar-refractivity contribution in [3.63, 3.8) is 0 Å². The monoisotopic (exact) mass is 401 g/mol. The van der Waals surface area contributed by atoms with Gasteiger partial charge >= 0.3 is 0 Å². The van der Waals surface area contributed by atoms with Crippen LogP contribution >= 0.6 is 15.9 Å². The molecule has 0 aliphatic carbocycles. The Labute approximate surface area is 153 Å². The molecule has 0 spiro atoms. The van der Waals surface area contributed by atoms with Gasteiger partial charge in [0.25, 0.3) is 5.91 Å². The molecule has 1 aromatic heterocycles. The summed E-state index contributed by atoms with van der Waals surface area (Å²) >= 11 is 3.37. The molecule has 0 radical (unpaired) electrons. The van der Waals surface area contributed by atoms with Crippen molar-refractivity contribution < 1.29 is 14.1 Å². The lowest BCUT2D eigenvalue weighted by molar-refractivity contribution is 0.0931. The highest BCUT2D eigenvalue weighted by Crippen LogP contribution is 2.28. The number of hydrogen-bond donors (Lipinski definition) is 1. The van der Waals surface area contributed by atoms with E-state index >= 15 is 0 Å².